The predicted molar refractivity (Wildman–Crippen MR) is 23.5 cm³/mol. The average Bonchev–Trinajstić information content (AvgIpc) is 0. The Kier molecular flexibility index (Phi) is 130. The molecule has 0 aliphatic heterocycles. The first kappa shape index (κ1) is 30.1. The molecule has 0 bridgehead atoms. The Bertz CT molecular complexity index is 8.00. The summed E-state index contributed by atoms with van der Waals surface area (Å²) < 4.78 is 0. The third-order valence-electron chi connectivity index (χ3n) is 0. The van der Waals surface area contributed by atoms with Crippen molar-refractivity contribution in [1.82, 2.24) is 0 Å². The molecule has 0 saturated heterocycles. The van der Waals surface area contributed by atoms with Crippen LogP contribution >= 0.6 is 0 Å². The molecule has 0 aliphatic carbocycles. The molecular weight excluding hydrogens is 360 g/mol. The Balaban J connectivity index is 0. The van der Waals surface area contributed by atoms with Gasteiger partial charge in [0.2, 0.25) is 0 Å². The fraction of sp³-hybridized carbons (Fsp3) is 0. The molecule has 0 aromatic carbocycles. The van der Waals surface area contributed by atoms with Gasteiger partial charge >= 0.3 is 63.1 Å². The van der Waals surface area contributed by atoms with Crippen LogP contribution in [0.2, 0.25) is 0 Å². The van der Waals surface area contributed by atoms with Crippen LogP contribution in [-0.2, 0) is 21.1 Å². The van der Waals surface area contributed by atoms with Crippen molar-refractivity contribution in [3.05, 3.63) is 0 Å². The van der Waals surface area contributed by atoms with E-state index in [0.29, 0.717) is 0 Å². The second-order valence-electron chi connectivity index (χ2n) is 0. The van der Waals surface area contributed by atoms with Crippen LogP contribution < -0.4 is 0 Å². The first-order chi connectivity index (χ1) is 0. The van der Waals surface area contributed by atoms with Crippen LogP contribution in [0.3, 0.4) is 0 Å². The van der Waals surface area contributed by atoms with Crippen molar-refractivity contribution < 1.29 is 26.5 Å². The summed E-state index contributed by atoms with van der Waals surface area (Å²) in [7, 11) is 0. The molecule has 0 radical (unpaired) electrons. The zero-order chi connectivity index (χ0) is 0. The molecule has 2 N–H and O–H groups in total. The fourth-order valence-corrected chi connectivity index (χ4v) is 0. The first-order valence-corrected chi connectivity index (χ1v) is 0. The van der Waals surface area contributed by atoms with Gasteiger partial charge in [-0.15, -0.1) is 0 Å². The average molecular weight is 368 g/mol. The molecule has 0 atom stereocenters. The molecule has 0 aliphatic rings. The number of hydrogen-bond acceptors (Lipinski definition) is 0. The van der Waals surface area contributed by atoms with Crippen molar-refractivity contribution in [2.75, 3.05) is 0 Å². The Morgan fingerprint density at radius 2 is 1.00 bits per heavy atom. The molecule has 4 heteroatoms. The minimum Gasteiger partial charge on any atom is 0 e. The van der Waals surface area contributed by atoms with Crippen LogP contribution in [0.25, 0.3) is 0 Å². The Hall–Kier alpha value is 2.67. The summed E-state index contributed by atoms with van der Waals surface area (Å²) in [4.78, 5) is 0. The van der Waals surface area contributed by atoms with E-state index >= 15 is 0 Å². The molecular formula is H8GeOSrW. The molecule has 0 aromatic rings. The van der Waals surface area contributed by atoms with Gasteiger partial charge in [0.15, 0.2) is 0 Å². The summed E-state index contributed by atoms with van der Waals surface area (Å²) in [6.07, 6.45) is 0. The third-order valence-corrected chi connectivity index (χ3v) is 0. The molecule has 0 unspecified atom stereocenters. The van der Waals surface area contributed by atoms with E-state index in [1.54, 1.807) is 0 Å². The second kappa shape index (κ2) is 17.3. The van der Waals surface area contributed by atoms with Crippen LogP contribution in [0.15, 0.2) is 0 Å². The molecule has 4 heavy (non-hydrogen) atoms. The monoisotopic (exact) mass is 370 g/mol. The van der Waals surface area contributed by atoms with Crippen LogP contribution in [0, 0.1) is 0 Å². The van der Waals surface area contributed by atoms with Gasteiger partial charge in [-0.1, -0.05) is 0 Å². The number of rotatable bonds is 0. The summed E-state index contributed by atoms with van der Waals surface area (Å²) in [5.74, 6) is 0. The number of hydrogen-bond donors (Lipinski definition) is 0. The fourth-order valence-electron chi connectivity index (χ4n) is 0. The standard InChI is InChI=1S/GeH4.H2O.Sr.W.2H/h1H4;1H2;;;;. The molecule has 26 valence electrons. The van der Waals surface area contributed by atoms with Gasteiger partial charge in [0, 0.05) is 21.1 Å². The van der Waals surface area contributed by atoms with Crippen molar-refractivity contribution in [2.45, 2.75) is 0 Å². The van der Waals surface area contributed by atoms with E-state index in [4.69, 9.17) is 0 Å². The normalized spacial score (nSPS) is 0. The van der Waals surface area contributed by atoms with Gasteiger partial charge in [-0.25, -0.2) is 0 Å². The molecule has 0 saturated carbocycles. The van der Waals surface area contributed by atoms with E-state index in [1.165, 1.54) is 0 Å². The Morgan fingerprint density at radius 1 is 1.00 bits per heavy atom. The van der Waals surface area contributed by atoms with E-state index in [0.717, 1.165) is 0 Å². The van der Waals surface area contributed by atoms with Crippen LogP contribution in [0.1, 0.15) is 0 Å². The van der Waals surface area contributed by atoms with E-state index in [1.807, 2.05) is 0 Å². The zero-order valence-corrected chi connectivity index (χ0v) is 3.84. The first-order valence-electron chi connectivity index (χ1n) is 0. The van der Waals surface area contributed by atoms with Gasteiger partial charge in [0.25, 0.3) is 0 Å². The van der Waals surface area contributed by atoms with Crippen LogP contribution in [0.5, 0.6) is 0 Å². The van der Waals surface area contributed by atoms with Gasteiger partial charge in [-0.2, -0.15) is 0 Å². The van der Waals surface area contributed by atoms with Gasteiger partial charge in [0.1, 0.15) is 0 Å². The molecule has 0 spiro atoms. The minimum absolute atomic E-state index is 0. The predicted octanol–water partition coefficient (Wildman–Crippen LogP) is -3.20. The topological polar surface area (TPSA) is 31.5 Å². The van der Waals surface area contributed by atoms with Crippen molar-refractivity contribution in [3.8, 4) is 0 Å². The van der Waals surface area contributed by atoms with Crippen molar-refractivity contribution in [2.24, 2.45) is 0 Å². The molecule has 0 fully saturated rings. The van der Waals surface area contributed by atoms with E-state index in [-0.39, 0.29) is 89.6 Å². The largest absolute Gasteiger partial charge is 0 e. The van der Waals surface area contributed by atoms with Gasteiger partial charge < -0.3 is 5.48 Å². The minimum atomic E-state index is 0. The van der Waals surface area contributed by atoms with Crippen molar-refractivity contribution >= 4 is 63.1 Å². The quantitative estimate of drug-likeness (QED) is 0.404. The molecule has 0 rings (SSSR count). The van der Waals surface area contributed by atoms with Crippen molar-refractivity contribution in [3.63, 3.8) is 0 Å². The van der Waals surface area contributed by atoms with Gasteiger partial charge in [-0.3, -0.25) is 0 Å². The molecule has 0 heterocycles. The Morgan fingerprint density at radius 3 is 1.00 bits per heavy atom. The van der Waals surface area contributed by atoms with Gasteiger partial charge in [-0.05, 0) is 0 Å². The third kappa shape index (κ3) is 8.82. The van der Waals surface area contributed by atoms with Crippen LogP contribution in [0.4, 0.5) is 0 Å². The molecule has 0 amide bonds. The van der Waals surface area contributed by atoms with Gasteiger partial charge in [0.05, 0.1) is 0 Å². The maximum atomic E-state index is 0. The summed E-state index contributed by atoms with van der Waals surface area (Å²) in [6, 6.07) is 0. The molecule has 0 aromatic heterocycles. The van der Waals surface area contributed by atoms with E-state index in [9.17, 15) is 0 Å². The maximum Gasteiger partial charge on any atom is 0 e. The summed E-state index contributed by atoms with van der Waals surface area (Å²) >= 11 is 0. The maximum absolute atomic E-state index is 0. The van der Waals surface area contributed by atoms with Crippen molar-refractivity contribution in [1.29, 1.82) is 0 Å². The SMILES string of the molecule is O.[GeH4].[SrH2].[W]. The zero-order valence-electron chi connectivity index (χ0n) is 0.908. The molecule has 1 nitrogen and oxygen atoms in total. The second-order valence-corrected chi connectivity index (χ2v) is 0. The smallest absolute Gasteiger partial charge is 0 e. The Labute approximate surface area is 87.7 Å². The van der Waals surface area contributed by atoms with E-state index < -0.39 is 0 Å². The van der Waals surface area contributed by atoms with E-state index in [2.05, 4.69) is 0 Å². The summed E-state index contributed by atoms with van der Waals surface area (Å²) in [5.41, 5.74) is 0. The van der Waals surface area contributed by atoms with Crippen LogP contribution in [-0.4, -0.2) is 68.6 Å². The summed E-state index contributed by atoms with van der Waals surface area (Å²) in [6.45, 7) is 0. The summed E-state index contributed by atoms with van der Waals surface area (Å²) in [5, 5.41) is 0.